The zero-order valence-electron chi connectivity index (χ0n) is 13.4. The molecule has 0 spiro atoms. The molecule has 4 heterocycles. The van der Waals surface area contributed by atoms with Gasteiger partial charge in [0.2, 0.25) is 11.7 Å². The Balaban J connectivity index is 1.32. The minimum Gasteiger partial charge on any atom is -0.337 e. The molecule has 2 aromatic heterocycles. The lowest BCUT2D eigenvalue weighted by molar-refractivity contribution is 0.114. The van der Waals surface area contributed by atoms with E-state index in [4.69, 9.17) is 4.52 Å². The van der Waals surface area contributed by atoms with E-state index in [1.54, 1.807) is 6.20 Å². The highest BCUT2D eigenvalue weighted by Crippen LogP contribution is 2.22. The van der Waals surface area contributed by atoms with Crippen LogP contribution in [-0.4, -0.2) is 57.1 Å². The van der Waals surface area contributed by atoms with Crippen molar-refractivity contribution in [2.24, 2.45) is 0 Å². The maximum absolute atomic E-state index is 5.40. The van der Waals surface area contributed by atoms with Gasteiger partial charge in [-0.05, 0) is 50.9 Å². The molecule has 122 valence electrons. The molecule has 0 aromatic carbocycles. The van der Waals surface area contributed by atoms with Crippen LogP contribution in [0.15, 0.2) is 28.9 Å². The van der Waals surface area contributed by atoms with Gasteiger partial charge < -0.3 is 9.42 Å². The molecule has 2 saturated heterocycles. The Morgan fingerprint density at radius 1 is 1.09 bits per heavy atom. The zero-order valence-corrected chi connectivity index (χ0v) is 13.4. The number of aromatic nitrogens is 3. The molecule has 0 atom stereocenters. The van der Waals surface area contributed by atoms with E-state index < -0.39 is 0 Å². The molecular formula is C17H23N5O. The monoisotopic (exact) mass is 313 g/mol. The zero-order chi connectivity index (χ0) is 15.5. The van der Waals surface area contributed by atoms with Crippen LogP contribution in [0.1, 0.15) is 31.6 Å². The third kappa shape index (κ3) is 3.43. The topological polar surface area (TPSA) is 58.3 Å². The van der Waals surface area contributed by atoms with Gasteiger partial charge in [0.25, 0.3) is 0 Å². The number of likely N-dealkylation sites (tertiary alicyclic amines) is 2. The predicted molar refractivity (Wildman–Crippen MR) is 86.6 cm³/mol. The van der Waals surface area contributed by atoms with Gasteiger partial charge in [-0.3, -0.25) is 9.88 Å². The van der Waals surface area contributed by atoms with E-state index in [2.05, 4.69) is 24.9 Å². The first kappa shape index (κ1) is 14.8. The molecule has 4 rings (SSSR count). The molecular weight excluding hydrogens is 290 g/mol. The SMILES string of the molecule is c1ccc(-c2noc(CN3CCC(N4CCCC4)CC3)n2)nc1. The molecule has 2 aliphatic heterocycles. The van der Waals surface area contributed by atoms with Gasteiger partial charge in [-0.1, -0.05) is 11.2 Å². The van der Waals surface area contributed by atoms with E-state index in [1.807, 2.05) is 18.2 Å². The molecule has 0 saturated carbocycles. The van der Waals surface area contributed by atoms with Gasteiger partial charge in [0.1, 0.15) is 5.69 Å². The Hall–Kier alpha value is -1.79. The lowest BCUT2D eigenvalue weighted by Crippen LogP contribution is -2.43. The summed E-state index contributed by atoms with van der Waals surface area (Å²) in [6.45, 7) is 5.56. The summed E-state index contributed by atoms with van der Waals surface area (Å²) in [6, 6.07) is 6.49. The average Bonchev–Trinajstić information content (AvgIpc) is 3.28. The average molecular weight is 313 g/mol. The van der Waals surface area contributed by atoms with Gasteiger partial charge in [0, 0.05) is 25.3 Å². The summed E-state index contributed by atoms with van der Waals surface area (Å²) in [6.07, 6.45) is 6.99. The number of hydrogen-bond acceptors (Lipinski definition) is 6. The van der Waals surface area contributed by atoms with E-state index in [0.29, 0.717) is 11.7 Å². The first-order chi connectivity index (χ1) is 11.4. The van der Waals surface area contributed by atoms with Gasteiger partial charge >= 0.3 is 0 Å². The molecule has 2 aliphatic rings. The van der Waals surface area contributed by atoms with Crippen LogP contribution in [0, 0.1) is 0 Å². The normalized spacial score (nSPS) is 21.0. The van der Waals surface area contributed by atoms with Crippen molar-refractivity contribution in [2.45, 2.75) is 38.3 Å². The fraction of sp³-hybridized carbons (Fsp3) is 0.588. The molecule has 23 heavy (non-hydrogen) atoms. The summed E-state index contributed by atoms with van der Waals surface area (Å²) < 4.78 is 5.40. The Bertz CT molecular complexity index is 615. The number of pyridine rings is 1. The third-order valence-electron chi connectivity index (χ3n) is 4.94. The van der Waals surface area contributed by atoms with Gasteiger partial charge in [-0.2, -0.15) is 4.98 Å². The van der Waals surface area contributed by atoms with Gasteiger partial charge in [-0.25, -0.2) is 0 Å². The second-order valence-corrected chi connectivity index (χ2v) is 6.48. The van der Waals surface area contributed by atoms with Crippen LogP contribution < -0.4 is 0 Å². The van der Waals surface area contributed by atoms with Crippen LogP contribution >= 0.6 is 0 Å². The summed E-state index contributed by atoms with van der Waals surface area (Å²) in [5.41, 5.74) is 0.759. The quantitative estimate of drug-likeness (QED) is 0.862. The molecule has 6 nitrogen and oxygen atoms in total. The summed E-state index contributed by atoms with van der Waals surface area (Å²) in [5, 5.41) is 4.05. The second kappa shape index (κ2) is 6.76. The van der Waals surface area contributed by atoms with Crippen molar-refractivity contribution >= 4 is 0 Å². The fourth-order valence-electron chi connectivity index (χ4n) is 3.66. The first-order valence-electron chi connectivity index (χ1n) is 8.59. The fourth-order valence-corrected chi connectivity index (χ4v) is 3.66. The molecule has 0 radical (unpaired) electrons. The predicted octanol–water partition coefficient (Wildman–Crippen LogP) is 2.19. The molecule has 2 aromatic rings. The highest BCUT2D eigenvalue weighted by Gasteiger charge is 2.27. The third-order valence-corrected chi connectivity index (χ3v) is 4.94. The van der Waals surface area contributed by atoms with Crippen LogP contribution in [0.2, 0.25) is 0 Å². The number of rotatable bonds is 4. The molecule has 6 heteroatoms. The number of nitrogens with zero attached hydrogens (tertiary/aromatic N) is 5. The van der Waals surface area contributed by atoms with E-state index in [-0.39, 0.29) is 0 Å². The second-order valence-electron chi connectivity index (χ2n) is 6.48. The molecule has 2 fully saturated rings. The summed E-state index contributed by atoms with van der Waals surface area (Å²) in [4.78, 5) is 13.8. The maximum Gasteiger partial charge on any atom is 0.241 e. The van der Waals surface area contributed by atoms with E-state index in [1.165, 1.54) is 38.8 Å². The van der Waals surface area contributed by atoms with E-state index >= 15 is 0 Å². The Morgan fingerprint density at radius 3 is 2.65 bits per heavy atom. The molecule has 0 bridgehead atoms. The molecule has 0 aliphatic carbocycles. The van der Waals surface area contributed by atoms with Crippen molar-refractivity contribution in [1.29, 1.82) is 0 Å². The van der Waals surface area contributed by atoms with Gasteiger partial charge in [0.05, 0.1) is 6.54 Å². The molecule has 0 N–H and O–H groups in total. The Morgan fingerprint density at radius 2 is 1.91 bits per heavy atom. The Labute approximate surface area is 136 Å². The van der Waals surface area contributed by atoms with Crippen molar-refractivity contribution in [3.05, 3.63) is 30.3 Å². The van der Waals surface area contributed by atoms with Crippen LogP contribution in [0.25, 0.3) is 11.5 Å². The summed E-state index contributed by atoms with van der Waals surface area (Å²) >= 11 is 0. The molecule has 0 unspecified atom stereocenters. The minimum atomic E-state index is 0.576. The van der Waals surface area contributed by atoms with Crippen LogP contribution in [0.3, 0.4) is 0 Å². The number of piperidine rings is 1. The van der Waals surface area contributed by atoms with Gasteiger partial charge in [-0.15, -0.1) is 0 Å². The number of hydrogen-bond donors (Lipinski definition) is 0. The first-order valence-corrected chi connectivity index (χ1v) is 8.59. The van der Waals surface area contributed by atoms with Crippen molar-refractivity contribution in [2.75, 3.05) is 26.2 Å². The van der Waals surface area contributed by atoms with Crippen LogP contribution in [-0.2, 0) is 6.54 Å². The van der Waals surface area contributed by atoms with Gasteiger partial charge in [0.15, 0.2) is 0 Å². The summed E-state index contributed by atoms with van der Waals surface area (Å²) in [5.74, 6) is 1.26. The van der Waals surface area contributed by atoms with E-state index in [0.717, 1.165) is 31.4 Å². The minimum absolute atomic E-state index is 0.576. The molecule has 0 amide bonds. The smallest absolute Gasteiger partial charge is 0.241 e. The summed E-state index contributed by atoms with van der Waals surface area (Å²) in [7, 11) is 0. The van der Waals surface area contributed by atoms with Crippen LogP contribution in [0.4, 0.5) is 0 Å². The Kier molecular flexibility index (Phi) is 4.35. The standard InChI is InChI=1S/C17H23N5O/c1-2-8-18-15(5-1)17-19-16(23-20-17)13-21-11-6-14(7-12-21)22-9-3-4-10-22/h1-2,5,8,14H,3-4,6-7,9-13H2. The van der Waals surface area contributed by atoms with Crippen molar-refractivity contribution in [3.8, 4) is 11.5 Å². The van der Waals surface area contributed by atoms with Crippen molar-refractivity contribution < 1.29 is 4.52 Å². The van der Waals surface area contributed by atoms with Crippen molar-refractivity contribution in [1.82, 2.24) is 24.9 Å². The van der Waals surface area contributed by atoms with E-state index in [9.17, 15) is 0 Å². The maximum atomic E-state index is 5.40. The lowest BCUT2D eigenvalue weighted by Gasteiger charge is -2.36. The largest absolute Gasteiger partial charge is 0.337 e. The lowest BCUT2D eigenvalue weighted by atomic mass is 10.0. The highest BCUT2D eigenvalue weighted by atomic mass is 16.5. The van der Waals surface area contributed by atoms with Crippen LogP contribution in [0.5, 0.6) is 0 Å². The highest BCUT2D eigenvalue weighted by molar-refractivity contribution is 5.46. The van der Waals surface area contributed by atoms with Crippen molar-refractivity contribution in [3.63, 3.8) is 0 Å².